The molecule has 1 aliphatic carbocycles. The summed E-state index contributed by atoms with van der Waals surface area (Å²) in [5.74, 6) is 6.81. The molecule has 0 saturated carbocycles. The molecule has 0 radical (unpaired) electrons. The van der Waals surface area contributed by atoms with Crippen molar-refractivity contribution in [3.05, 3.63) is 72.4 Å². The lowest BCUT2D eigenvalue weighted by atomic mass is 9.90. The van der Waals surface area contributed by atoms with Gasteiger partial charge in [0.25, 0.3) is 0 Å². The average Bonchev–Trinajstić information content (AvgIpc) is 3.19. The van der Waals surface area contributed by atoms with Gasteiger partial charge in [-0.2, -0.15) is 0 Å². The molecular weight excluding hydrogens is 344 g/mol. The van der Waals surface area contributed by atoms with Crippen molar-refractivity contribution < 1.29 is 9.53 Å². The molecule has 0 N–H and O–H groups in total. The second-order valence-corrected chi connectivity index (χ2v) is 7.36. The first-order chi connectivity index (χ1) is 13.7. The third-order valence-corrected chi connectivity index (χ3v) is 5.18. The molecule has 2 nitrogen and oxygen atoms in total. The van der Waals surface area contributed by atoms with Crippen LogP contribution in [0.2, 0.25) is 0 Å². The van der Waals surface area contributed by atoms with Crippen LogP contribution in [-0.4, -0.2) is 11.9 Å². The van der Waals surface area contributed by atoms with Crippen LogP contribution in [0.4, 0.5) is 0 Å². The van der Waals surface area contributed by atoms with Crippen molar-refractivity contribution in [2.45, 2.75) is 70.0 Å². The molecule has 0 aromatic heterocycles. The third-order valence-electron chi connectivity index (χ3n) is 5.18. The van der Waals surface area contributed by atoms with Crippen LogP contribution in [0.1, 0.15) is 63.4 Å². The number of hydrogen-bond acceptors (Lipinski definition) is 2. The highest BCUT2D eigenvalue weighted by atomic mass is 16.5. The molecule has 1 aliphatic rings. The number of ether oxygens (including phenoxy) is 1. The van der Waals surface area contributed by atoms with Gasteiger partial charge in [0, 0.05) is 11.1 Å². The van der Waals surface area contributed by atoms with Gasteiger partial charge in [-0.3, -0.25) is 4.79 Å². The summed E-state index contributed by atoms with van der Waals surface area (Å²) in [5.41, 5.74) is 2.50. The lowest BCUT2D eigenvalue weighted by Gasteiger charge is -2.29. The van der Waals surface area contributed by atoms with E-state index >= 15 is 0 Å². The Hall–Kier alpha value is -2.37. The summed E-state index contributed by atoms with van der Waals surface area (Å²) in [6.45, 7) is 8.22. The zero-order valence-electron chi connectivity index (χ0n) is 16.9. The molecular formula is C26H32O2. The van der Waals surface area contributed by atoms with Gasteiger partial charge in [0.2, 0.25) is 0 Å². The number of carbonyl (C=O) groups excluding carboxylic acids is 1. The van der Waals surface area contributed by atoms with E-state index in [0.29, 0.717) is 6.61 Å². The van der Waals surface area contributed by atoms with Gasteiger partial charge in [0.05, 0.1) is 6.61 Å². The van der Waals surface area contributed by atoms with Crippen molar-refractivity contribution in [3.63, 3.8) is 0 Å². The van der Waals surface area contributed by atoms with E-state index in [1.54, 1.807) is 0 Å². The SMILES string of the molecule is C=CCCCC(C#CC1=C(C=O)CCC1)(CCCC=C)OCc1ccccc1. The van der Waals surface area contributed by atoms with Gasteiger partial charge in [-0.25, -0.2) is 0 Å². The minimum Gasteiger partial charge on any atom is -0.358 e. The zero-order valence-corrected chi connectivity index (χ0v) is 16.9. The number of allylic oxidation sites excluding steroid dienone is 4. The van der Waals surface area contributed by atoms with Gasteiger partial charge in [-0.1, -0.05) is 54.3 Å². The Balaban J connectivity index is 2.26. The van der Waals surface area contributed by atoms with E-state index in [9.17, 15) is 4.79 Å². The number of carbonyl (C=O) groups is 1. The van der Waals surface area contributed by atoms with Crippen LogP contribution in [0.15, 0.2) is 66.8 Å². The van der Waals surface area contributed by atoms with Crippen LogP contribution >= 0.6 is 0 Å². The van der Waals surface area contributed by atoms with Crippen LogP contribution in [0, 0.1) is 11.8 Å². The first-order valence-corrected chi connectivity index (χ1v) is 10.3. The standard InChI is InChI=1S/C26H32O2/c1-3-5-10-18-26(19-11-6-4-2,28-22-23-13-8-7-9-14-23)20-17-24-15-12-16-25(24)21-27/h3-4,7-9,13-14,21H,1-2,5-6,10-12,15-16,18-19,22H2. The molecule has 0 fully saturated rings. The number of rotatable bonds is 12. The summed E-state index contributed by atoms with van der Waals surface area (Å²) in [6, 6.07) is 10.2. The fraction of sp³-hybridized carbons (Fsp3) is 0.423. The summed E-state index contributed by atoms with van der Waals surface area (Å²) < 4.78 is 6.48. The van der Waals surface area contributed by atoms with E-state index in [1.165, 1.54) is 0 Å². The Morgan fingerprint density at radius 1 is 1.04 bits per heavy atom. The number of aldehydes is 1. The van der Waals surface area contributed by atoms with Crippen LogP contribution < -0.4 is 0 Å². The van der Waals surface area contributed by atoms with Gasteiger partial charge >= 0.3 is 0 Å². The maximum atomic E-state index is 11.3. The summed E-state index contributed by atoms with van der Waals surface area (Å²) >= 11 is 0. The lowest BCUT2D eigenvalue weighted by Crippen LogP contribution is -2.31. The first kappa shape index (κ1) is 21.9. The minimum absolute atomic E-state index is 0.508. The van der Waals surface area contributed by atoms with E-state index < -0.39 is 5.60 Å². The fourth-order valence-electron chi connectivity index (χ4n) is 3.52. The van der Waals surface area contributed by atoms with E-state index in [2.05, 4.69) is 37.1 Å². The molecule has 1 aromatic rings. The maximum Gasteiger partial charge on any atom is 0.146 e. The second kappa shape index (κ2) is 12.2. The Morgan fingerprint density at radius 3 is 2.32 bits per heavy atom. The zero-order chi connectivity index (χ0) is 20.1. The molecule has 0 spiro atoms. The number of unbranched alkanes of at least 4 members (excludes halogenated alkanes) is 2. The molecule has 28 heavy (non-hydrogen) atoms. The summed E-state index contributed by atoms with van der Waals surface area (Å²) in [4.78, 5) is 11.3. The quantitative estimate of drug-likeness (QED) is 0.184. The highest BCUT2D eigenvalue weighted by molar-refractivity contribution is 5.77. The van der Waals surface area contributed by atoms with Crippen LogP contribution in [0.25, 0.3) is 0 Å². The van der Waals surface area contributed by atoms with Crippen molar-refractivity contribution >= 4 is 6.29 Å². The van der Waals surface area contributed by atoms with Crippen molar-refractivity contribution in [1.82, 2.24) is 0 Å². The van der Waals surface area contributed by atoms with Crippen LogP contribution in [-0.2, 0) is 16.1 Å². The highest BCUT2D eigenvalue weighted by Gasteiger charge is 2.28. The van der Waals surface area contributed by atoms with Crippen molar-refractivity contribution in [1.29, 1.82) is 0 Å². The molecule has 0 amide bonds. The van der Waals surface area contributed by atoms with E-state index in [-0.39, 0.29) is 0 Å². The maximum absolute atomic E-state index is 11.3. The predicted molar refractivity (Wildman–Crippen MR) is 117 cm³/mol. The Bertz CT molecular complexity index is 717. The summed E-state index contributed by atoms with van der Waals surface area (Å²) in [5, 5.41) is 0. The monoisotopic (exact) mass is 376 g/mol. The largest absolute Gasteiger partial charge is 0.358 e. The van der Waals surface area contributed by atoms with Crippen LogP contribution in [0.5, 0.6) is 0 Å². The van der Waals surface area contributed by atoms with Crippen molar-refractivity contribution in [2.24, 2.45) is 0 Å². The Kier molecular flexibility index (Phi) is 9.52. The molecule has 148 valence electrons. The average molecular weight is 377 g/mol. The van der Waals surface area contributed by atoms with Gasteiger partial charge in [0.15, 0.2) is 0 Å². The van der Waals surface area contributed by atoms with Crippen molar-refractivity contribution in [2.75, 3.05) is 0 Å². The van der Waals surface area contributed by atoms with Gasteiger partial charge < -0.3 is 4.74 Å². The molecule has 0 unspecified atom stereocenters. The van der Waals surface area contributed by atoms with Gasteiger partial charge in [-0.15, -0.1) is 13.2 Å². The minimum atomic E-state index is -0.508. The third kappa shape index (κ3) is 6.98. The molecule has 2 rings (SSSR count). The van der Waals surface area contributed by atoms with Crippen LogP contribution in [0.3, 0.4) is 0 Å². The molecule has 2 heteroatoms. The Labute approximate surface area is 170 Å². The fourth-order valence-corrected chi connectivity index (χ4v) is 3.52. The van der Waals surface area contributed by atoms with Gasteiger partial charge in [-0.05, 0) is 63.4 Å². The van der Waals surface area contributed by atoms with E-state index in [4.69, 9.17) is 4.74 Å². The first-order valence-electron chi connectivity index (χ1n) is 10.3. The molecule has 0 aliphatic heterocycles. The normalized spacial score (nSPS) is 13.7. The molecule has 1 aromatic carbocycles. The molecule has 0 heterocycles. The Morgan fingerprint density at radius 2 is 1.71 bits per heavy atom. The second-order valence-electron chi connectivity index (χ2n) is 7.36. The van der Waals surface area contributed by atoms with Gasteiger partial charge in [0.1, 0.15) is 11.9 Å². The lowest BCUT2D eigenvalue weighted by molar-refractivity contribution is -0.105. The highest BCUT2D eigenvalue weighted by Crippen LogP contribution is 2.29. The predicted octanol–water partition coefficient (Wildman–Crippen LogP) is 6.34. The molecule has 0 saturated heterocycles. The molecule has 0 bridgehead atoms. The van der Waals surface area contributed by atoms with Crippen molar-refractivity contribution in [3.8, 4) is 11.8 Å². The van der Waals surface area contributed by atoms with E-state index in [0.717, 1.165) is 80.8 Å². The summed E-state index contributed by atoms with van der Waals surface area (Å²) in [6.07, 6.45) is 13.2. The number of benzene rings is 1. The molecule has 0 atom stereocenters. The topological polar surface area (TPSA) is 26.3 Å². The summed E-state index contributed by atoms with van der Waals surface area (Å²) in [7, 11) is 0. The number of hydrogen-bond donors (Lipinski definition) is 0. The van der Waals surface area contributed by atoms with E-state index in [1.807, 2.05) is 30.4 Å². The smallest absolute Gasteiger partial charge is 0.146 e.